The molecule has 7 heteroatoms. The number of benzene rings is 1. The molecular weight excluding hydrogens is 292 g/mol. The smallest absolute Gasteiger partial charge is 0.161 e. The molecule has 18 heavy (non-hydrogen) atoms. The molecule has 2 aliphatic rings. The van der Waals surface area contributed by atoms with Gasteiger partial charge in [-0.25, -0.2) is 8.42 Å². The van der Waals surface area contributed by atoms with E-state index < -0.39 is 9.84 Å². The number of halogens is 1. The Morgan fingerprint density at radius 3 is 2.83 bits per heavy atom. The monoisotopic (exact) mass is 302 g/mol. The van der Waals surface area contributed by atoms with E-state index in [1.54, 1.807) is 6.07 Å². The van der Waals surface area contributed by atoms with Crippen molar-refractivity contribution >= 4 is 44.1 Å². The molecular formula is C11H11ClN2O2S2. The number of amidine groups is 1. The first-order chi connectivity index (χ1) is 8.53. The van der Waals surface area contributed by atoms with Crippen LogP contribution in [-0.2, 0) is 9.84 Å². The fourth-order valence-electron chi connectivity index (χ4n) is 2.09. The van der Waals surface area contributed by atoms with E-state index in [9.17, 15) is 8.42 Å². The number of hydrogen-bond acceptors (Lipinski definition) is 5. The summed E-state index contributed by atoms with van der Waals surface area (Å²) >= 11 is 7.53. The predicted octanol–water partition coefficient (Wildman–Crippen LogP) is 2.02. The summed E-state index contributed by atoms with van der Waals surface area (Å²) in [7, 11) is -2.89. The molecule has 0 amide bonds. The van der Waals surface area contributed by atoms with Crippen molar-refractivity contribution < 1.29 is 8.42 Å². The lowest BCUT2D eigenvalue weighted by Crippen LogP contribution is -2.13. The van der Waals surface area contributed by atoms with E-state index in [4.69, 9.17) is 11.6 Å². The summed E-state index contributed by atoms with van der Waals surface area (Å²) in [4.78, 5) is 4.41. The fraction of sp³-hybridized carbons (Fsp3) is 0.364. The van der Waals surface area contributed by atoms with E-state index in [2.05, 4.69) is 10.3 Å². The first-order valence-corrected chi connectivity index (χ1v) is 8.58. The van der Waals surface area contributed by atoms with Gasteiger partial charge in [0.2, 0.25) is 0 Å². The molecule has 3 rings (SSSR count). The van der Waals surface area contributed by atoms with E-state index >= 15 is 0 Å². The van der Waals surface area contributed by atoms with Crippen molar-refractivity contribution in [1.29, 1.82) is 0 Å². The van der Waals surface area contributed by atoms with Gasteiger partial charge in [0.05, 0.1) is 28.3 Å². The van der Waals surface area contributed by atoms with Crippen LogP contribution in [0.3, 0.4) is 0 Å². The van der Waals surface area contributed by atoms with Crippen LogP contribution >= 0.6 is 23.4 Å². The summed E-state index contributed by atoms with van der Waals surface area (Å²) < 4.78 is 22.9. The van der Waals surface area contributed by atoms with E-state index in [1.165, 1.54) is 11.8 Å². The molecule has 1 aromatic carbocycles. The Morgan fingerprint density at radius 1 is 1.33 bits per heavy atom. The maximum absolute atomic E-state index is 11.4. The van der Waals surface area contributed by atoms with Gasteiger partial charge in [-0.05, 0) is 12.1 Å². The van der Waals surface area contributed by atoms with Gasteiger partial charge in [0.15, 0.2) is 15.0 Å². The van der Waals surface area contributed by atoms with Crippen LogP contribution in [0.2, 0.25) is 5.02 Å². The van der Waals surface area contributed by atoms with Crippen molar-refractivity contribution in [3.8, 4) is 0 Å². The molecule has 2 aliphatic heterocycles. The largest absolute Gasteiger partial charge is 0.334 e. The third-order valence-electron chi connectivity index (χ3n) is 2.93. The second kappa shape index (κ2) is 4.43. The van der Waals surface area contributed by atoms with Crippen LogP contribution in [0, 0.1) is 0 Å². The summed E-state index contributed by atoms with van der Waals surface area (Å²) in [6.07, 6.45) is 0. The normalized spacial score (nSPS) is 28.8. The number of thioether (sulfide) groups is 1. The number of sulfone groups is 1. The highest BCUT2D eigenvalue weighted by Crippen LogP contribution is 2.35. The summed E-state index contributed by atoms with van der Waals surface area (Å²) in [6.45, 7) is 0. The predicted molar refractivity (Wildman–Crippen MR) is 76.3 cm³/mol. The molecule has 0 saturated carbocycles. The van der Waals surface area contributed by atoms with Gasteiger partial charge >= 0.3 is 0 Å². The minimum Gasteiger partial charge on any atom is -0.334 e. The lowest BCUT2D eigenvalue weighted by Gasteiger charge is -2.07. The van der Waals surface area contributed by atoms with Gasteiger partial charge in [0.1, 0.15) is 0 Å². The molecule has 0 radical (unpaired) electrons. The standard InChI is InChI=1S/C11H11ClN2O2S2/c12-7-3-1-2-4-8(7)13-11-14-9-5-18(15,16)6-10(9)17-11/h1-4,9-10H,5-6H2,(H,13,14). The fourth-order valence-corrected chi connectivity index (χ4v) is 5.94. The molecule has 1 saturated heterocycles. The van der Waals surface area contributed by atoms with Gasteiger partial charge in [0, 0.05) is 5.25 Å². The average Bonchev–Trinajstić information content (AvgIpc) is 2.74. The number of nitrogens with one attached hydrogen (secondary N) is 1. The van der Waals surface area contributed by atoms with Crippen molar-refractivity contribution in [2.75, 3.05) is 16.8 Å². The summed E-state index contributed by atoms with van der Waals surface area (Å²) in [5, 5.41) is 4.59. The van der Waals surface area contributed by atoms with Crippen molar-refractivity contribution in [2.45, 2.75) is 11.3 Å². The van der Waals surface area contributed by atoms with Crippen LogP contribution in [0.25, 0.3) is 0 Å². The Balaban J connectivity index is 1.76. The Bertz CT molecular complexity index is 615. The zero-order valence-corrected chi connectivity index (χ0v) is 11.7. The number of nitrogens with zero attached hydrogens (tertiary/aromatic N) is 1. The molecule has 1 aromatic rings. The number of rotatable bonds is 1. The minimum absolute atomic E-state index is 0.0555. The lowest BCUT2D eigenvalue weighted by atomic mass is 10.3. The van der Waals surface area contributed by atoms with Crippen molar-refractivity contribution in [2.24, 2.45) is 4.99 Å². The van der Waals surface area contributed by atoms with E-state index in [1.807, 2.05) is 18.2 Å². The van der Waals surface area contributed by atoms with Crippen LogP contribution in [0.1, 0.15) is 0 Å². The molecule has 0 aromatic heterocycles. The van der Waals surface area contributed by atoms with Crippen molar-refractivity contribution in [1.82, 2.24) is 0 Å². The maximum Gasteiger partial charge on any atom is 0.161 e. The van der Waals surface area contributed by atoms with Gasteiger partial charge in [-0.2, -0.15) is 0 Å². The van der Waals surface area contributed by atoms with Crippen molar-refractivity contribution in [3.63, 3.8) is 0 Å². The highest BCUT2D eigenvalue weighted by atomic mass is 35.5. The van der Waals surface area contributed by atoms with Gasteiger partial charge in [-0.1, -0.05) is 35.5 Å². The molecule has 2 unspecified atom stereocenters. The van der Waals surface area contributed by atoms with Crippen LogP contribution in [-0.4, -0.2) is 36.4 Å². The number of anilines is 1. The second-order valence-electron chi connectivity index (χ2n) is 4.34. The SMILES string of the molecule is O=S1(=O)CC2N=C(Nc3ccccc3Cl)SC2C1. The number of fused-ring (bicyclic) bond motifs is 1. The van der Waals surface area contributed by atoms with Crippen LogP contribution in [0.4, 0.5) is 5.69 Å². The van der Waals surface area contributed by atoms with Gasteiger partial charge < -0.3 is 5.32 Å². The molecule has 2 atom stereocenters. The van der Waals surface area contributed by atoms with Crippen LogP contribution in [0.5, 0.6) is 0 Å². The molecule has 0 aliphatic carbocycles. The van der Waals surface area contributed by atoms with Crippen molar-refractivity contribution in [3.05, 3.63) is 29.3 Å². The minimum atomic E-state index is -2.89. The lowest BCUT2D eigenvalue weighted by molar-refractivity contribution is 0.601. The zero-order valence-electron chi connectivity index (χ0n) is 9.34. The van der Waals surface area contributed by atoms with E-state index in [0.717, 1.165) is 10.9 Å². The summed E-state index contributed by atoms with van der Waals surface area (Å²) in [6, 6.07) is 7.31. The van der Waals surface area contributed by atoms with Crippen LogP contribution in [0.15, 0.2) is 29.3 Å². The number of para-hydroxylation sites is 1. The van der Waals surface area contributed by atoms with Gasteiger partial charge in [0.25, 0.3) is 0 Å². The first kappa shape index (κ1) is 12.3. The van der Waals surface area contributed by atoms with Gasteiger partial charge in [-0.15, -0.1) is 0 Å². The highest BCUT2D eigenvalue weighted by Gasteiger charge is 2.42. The molecule has 2 heterocycles. The highest BCUT2D eigenvalue weighted by molar-refractivity contribution is 8.15. The van der Waals surface area contributed by atoms with E-state index in [0.29, 0.717) is 5.02 Å². The third-order valence-corrected chi connectivity index (χ3v) is 6.40. The number of hydrogen-bond donors (Lipinski definition) is 1. The Kier molecular flexibility index (Phi) is 3.03. The van der Waals surface area contributed by atoms with E-state index in [-0.39, 0.29) is 22.8 Å². The zero-order chi connectivity index (χ0) is 12.8. The maximum atomic E-state index is 11.4. The van der Waals surface area contributed by atoms with Crippen LogP contribution < -0.4 is 5.32 Å². The third kappa shape index (κ3) is 2.37. The number of aliphatic imine (C=N–C) groups is 1. The molecule has 1 fully saturated rings. The first-order valence-electron chi connectivity index (χ1n) is 5.50. The second-order valence-corrected chi connectivity index (χ2v) is 8.13. The Morgan fingerprint density at radius 2 is 2.11 bits per heavy atom. The molecule has 0 bridgehead atoms. The Labute approximate surface area is 115 Å². The topological polar surface area (TPSA) is 58.5 Å². The van der Waals surface area contributed by atoms with Gasteiger partial charge in [-0.3, -0.25) is 4.99 Å². The summed E-state index contributed by atoms with van der Waals surface area (Å²) in [5.41, 5.74) is 0.799. The summed E-state index contributed by atoms with van der Waals surface area (Å²) in [5.74, 6) is 0.387. The molecule has 4 nitrogen and oxygen atoms in total. The molecule has 0 spiro atoms. The molecule has 96 valence electrons. The quantitative estimate of drug-likeness (QED) is 0.862. The Hall–Kier alpha value is -0.720. The molecule has 1 N–H and O–H groups in total. The average molecular weight is 303 g/mol.